The number of carbonyl (C=O) groups is 2. The molecule has 2 N–H and O–H groups in total. The van der Waals surface area contributed by atoms with Gasteiger partial charge in [0.1, 0.15) is 12.4 Å². The lowest BCUT2D eigenvalue weighted by atomic mass is 10.1. The van der Waals surface area contributed by atoms with Crippen molar-refractivity contribution in [1.29, 1.82) is 0 Å². The topological polar surface area (TPSA) is 58.2 Å². The van der Waals surface area contributed by atoms with Crippen LogP contribution < -0.4 is 10.6 Å². The van der Waals surface area contributed by atoms with Gasteiger partial charge in [-0.1, -0.05) is 12.1 Å². The van der Waals surface area contributed by atoms with Gasteiger partial charge in [0.2, 0.25) is 11.8 Å². The van der Waals surface area contributed by atoms with Crippen molar-refractivity contribution in [1.82, 2.24) is 5.32 Å². The second kappa shape index (κ2) is 9.40. The van der Waals surface area contributed by atoms with Gasteiger partial charge in [0.15, 0.2) is 0 Å². The Morgan fingerprint density at radius 3 is 2.15 bits per heavy atom. The van der Waals surface area contributed by atoms with E-state index in [0.29, 0.717) is 11.3 Å². The van der Waals surface area contributed by atoms with Crippen LogP contribution in [-0.2, 0) is 16.0 Å². The molecule has 0 bridgehead atoms. The molecule has 0 aliphatic rings. The van der Waals surface area contributed by atoms with Gasteiger partial charge in [-0.25, -0.2) is 4.39 Å². The molecule has 0 fully saturated rings. The van der Waals surface area contributed by atoms with Crippen molar-refractivity contribution in [2.75, 3.05) is 17.6 Å². The molecule has 2 rings (SSSR count). The second-order valence-electron chi connectivity index (χ2n) is 5.56. The number of hydrogen-bond acceptors (Lipinski definition) is 3. The fourth-order valence-electron chi connectivity index (χ4n) is 2.03. The van der Waals surface area contributed by atoms with Gasteiger partial charge in [-0.2, -0.15) is 13.2 Å². The third-order valence-electron chi connectivity index (χ3n) is 3.27. The summed E-state index contributed by atoms with van der Waals surface area (Å²) in [6.07, 6.45) is -4.64. The van der Waals surface area contributed by atoms with E-state index >= 15 is 0 Å². The van der Waals surface area contributed by atoms with Gasteiger partial charge in [-0.3, -0.25) is 9.59 Å². The van der Waals surface area contributed by atoms with Crippen molar-refractivity contribution in [2.45, 2.75) is 17.5 Å². The first-order valence-corrected chi connectivity index (χ1v) is 8.80. The van der Waals surface area contributed by atoms with Gasteiger partial charge < -0.3 is 10.6 Å². The zero-order chi connectivity index (χ0) is 19.9. The number of rotatable bonds is 7. The van der Waals surface area contributed by atoms with E-state index in [2.05, 4.69) is 5.32 Å². The Hall–Kier alpha value is -2.55. The summed E-state index contributed by atoms with van der Waals surface area (Å²) >= 11 is 1.25. The fourth-order valence-corrected chi connectivity index (χ4v) is 2.73. The smallest absolute Gasteiger partial charge is 0.347 e. The molecule has 0 aliphatic carbocycles. The Balaban J connectivity index is 1.78. The van der Waals surface area contributed by atoms with E-state index in [9.17, 15) is 27.2 Å². The van der Waals surface area contributed by atoms with Crippen molar-refractivity contribution >= 4 is 29.3 Å². The van der Waals surface area contributed by atoms with Crippen LogP contribution in [0.3, 0.4) is 0 Å². The number of hydrogen-bond donors (Lipinski definition) is 2. The van der Waals surface area contributed by atoms with Gasteiger partial charge in [0.25, 0.3) is 0 Å². The molecule has 0 spiro atoms. The van der Waals surface area contributed by atoms with Crippen LogP contribution in [0.15, 0.2) is 53.4 Å². The highest BCUT2D eigenvalue weighted by atomic mass is 32.2. The van der Waals surface area contributed by atoms with E-state index in [1.807, 2.05) is 0 Å². The first-order valence-electron chi connectivity index (χ1n) is 7.82. The monoisotopic (exact) mass is 400 g/mol. The van der Waals surface area contributed by atoms with Crippen molar-refractivity contribution < 1.29 is 27.2 Å². The van der Waals surface area contributed by atoms with E-state index < -0.39 is 18.6 Å². The Labute approximate surface area is 157 Å². The second-order valence-corrected chi connectivity index (χ2v) is 6.61. The maximum atomic E-state index is 12.8. The largest absolute Gasteiger partial charge is 0.405 e. The minimum atomic E-state index is -4.45. The standard InChI is InChI=1S/C18H16F4N2O2S/c19-13-3-7-15(8-4-13)27-10-17(26)24-14-5-1-12(2-6-14)9-16(25)23-11-18(20,21)22/h1-8H,9-11H2,(H,23,25)(H,24,26). The van der Waals surface area contributed by atoms with E-state index in [4.69, 9.17) is 0 Å². The summed E-state index contributed by atoms with van der Waals surface area (Å²) in [5, 5.41) is 4.46. The van der Waals surface area contributed by atoms with Crippen molar-refractivity contribution in [2.24, 2.45) is 0 Å². The van der Waals surface area contributed by atoms with Crippen LogP contribution in [0.1, 0.15) is 5.56 Å². The average Bonchev–Trinajstić information content (AvgIpc) is 2.61. The lowest BCUT2D eigenvalue weighted by Crippen LogP contribution is -2.34. The molecule has 2 aromatic carbocycles. The zero-order valence-corrected chi connectivity index (χ0v) is 14.8. The third-order valence-corrected chi connectivity index (χ3v) is 4.28. The molecule has 0 atom stereocenters. The summed E-state index contributed by atoms with van der Waals surface area (Å²) < 4.78 is 49.0. The van der Waals surface area contributed by atoms with Crippen LogP contribution in [0, 0.1) is 5.82 Å². The lowest BCUT2D eigenvalue weighted by molar-refractivity contribution is -0.138. The van der Waals surface area contributed by atoms with Gasteiger partial charge in [-0.05, 0) is 42.0 Å². The van der Waals surface area contributed by atoms with Crippen LogP contribution in [0.25, 0.3) is 0 Å². The van der Waals surface area contributed by atoms with E-state index in [1.165, 1.54) is 23.9 Å². The first kappa shape index (κ1) is 20.8. The van der Waals surface area contributed by atoms with Crippen molar-refractivity contribution in [3.05, 3.63) is 59.9 Å². The molecule has 0 radical (unpaired) electrons. The summed E-state index contributed by atoms with van der Waals surface area (Å²) in [6.45, 7) is -1.37. The summed E-state index contributed by atoms with van der Waals surface area (Å²) in [6, 6.07) is 12.0. The molecule has 4 nitrogen and oxygen atoms in total. The predicted molar refractivity (Wildman–Crippen MR) is 95.0 cm³/mol. The third kappa shape index (κ3) is 8.12. The Kier molecular flexibility index (Phi) is 7.23. The summed E-state index contributed by atoms with van der Waals surface area (Å²) in [7, 11) is 0. The molecule has 2 amide bonds. The minimum Gasteiger partial charge on any atom is -0.347 e. The molecule has 0 saturated heterocycles. The predicted octanol–water partition coefficient (Wildman–Crippen LogP) is 3.78. The van der Waals surface area contributed by atoms with E-state index in [0.717, 1.165) is 4.90 Å². The number of thioether (sulfide) groups is 1. The number of amides is 2. The van der Waals surface area contributed by atoms with E-state index in [-0.39, 0.29) is 23.9 Å². The van der Waals surface area contributed by atoms with Crippen LogP contribution in [0.5, 0.6) is 0 Å². The molecule has 0 aromatic heterocycles. The van der Waals surface area contributed by atoms with Gasteiger partial charge >= 0.3 is 6.18 Å². The number of alkyl halides is 3. The average molecular weight is 400 g/mol. The Bertz CT molecular complexity index is 777. The van der Waals surface area contributed by atoms with Gasteiger partial charge in [0.05, 0.1) is 12.2 Å². The molecule has 0 saturated carbocycles. The van der Waals surface area contributed by atoms with Crippen molar-refractivity contribution in [3.8, 4) is 0 Å². The van der Waals surface area contributed by atoms with Crippen LogP contribution in [0.2, 0.25) is 0 Å². The maximum Gasteiger partial charge on any atom is 0.405 e. The number of carbonyl (C=O) groups excluding carboxylic acids is 2. The Morgan fingerprint density at radius 2 is 1.56 bits per heavy atom. The Morgan fingerprint density at radius 1 is 0.926 bits per heavy atom. The van der Waals surface area contributed by atoms with Crippen LogP contribution in [-0.4, -0.2) is 30.3 Å². The maximum absolute atomic E-state index is 12.8. The molecular weight excluding hydrogens is 384 g/mol. The summed E-state index contributed by atoms with van der Waals surface area (Å²) in [5.41, 5.74) is 1.02. The highest BCUT2D eigenvalue weighted by Crippen LogP contribution is 2.19. The first-order chi connectivity index (χ1) is 12.7. The molecular formula is C18H16F4N2O2S. The van der Waals surface area contributed by atoms with Crippen molar-refractivity contribution in [3.63, 3.8) is 0 Å². The number of nitrogens with one attached hydrogen (secondary N) is 2. The number of halogens is 4. The van der Waals surface area contributed by atoms with E-state index in [1.54, 1.807) is 41.7 Å². The lowest BCUT2D eigenvalue weighted by Gasteiger charge is -2.09. The fraction of sp³-hybridized carbons (Fsp3) is 0.222. The molecule has 0 unspecified atom stereocenters. The SMILES string of the molecule is O=C(Cc1ccc(NC(=O)CSc2ccc(F)cc2)cc1)NCC(F)(F)F. The number of anilines is 1. The van der Waals surface area contributed by atoms with Crippen LogP contribution >= 0.6 is 11.8 Å². The molecule has 144 valence electrons. The zero-order valence-electron chi connectivity index (χ0n) is 14.0. The molecule has 9 heteroatoms. The van der Waals surface area contributed by atoms with Gasteiger partial charge in [0, 0.05) is 10.6 Å². The highest BCUT2D eigenvalue weighted by molar-refractivity contribution is 8.00. The minimum absolute atomic E-state index is 0.132. The number of benzene rings is 2. The molecule has 0 heterocycles. The molecule has 2 aromatic rings. The highest BCUT2D eigenvalue weighted by Gasteiger charge is 2.27. The van der Waals surface area contributed by atoms with Gasteiger partial charge in [-0.15, -0.1) is 11.8 Å². The molecule has 27 heavy (non-hydrogen) atoms. The van der Waals surface area contributed by atoms with Crippen LogP contribution in [0.4, 0.5) is 23.2 Å². The normalized spacial score (nSPS) is 11.1. The summed E-state index contributed by atoms with van der Waals surface area (Å²) in [5.74, 6) is -1.22. The summed E-state index contributed by atoms with van der Waals surface area (Å²) in [4.78, 5) is 24.1. The molecule has 0 aliphatic heterocycles. The quantitative estimate of drug-likeness (QED) is 0.549.